The Bertz CT molecular complexity index is 777. The van der Waals surface area contributed by atoms with Crippen molar-refractivity contribution < 1.29 is 4.74 Å². The zero-order chi connectivity index (χ0) is 14.8. The van der Waals surface area contributed by atoms with Crippen LogP contribution >= 0.6 is 0 Å². The number of aromatic nitrogens is 2. The van der Waals surface area contributed by atoms with E-state index in [4.69, 9.17) is 10.5 Å². The molecule has 2 N–H and O–H groups in total. The van der Waals surface area contributed by atoms with Gasteiger partial charge in [0, 0.05) is 0 Å². The second kappa shape index (κ2) is 5.48. The maximum Gasteiger partial charge on any atom is 0.206 e. The van der Waals surface area contributed by atoms with Crippen LogP contribution in [0.15, 0.2) is 42.5 Å². The van der Waals surface area contributed by atoms with E-state index in [0.717, 1.165) is 34.5 Å². The maximum atomic E-state index is 6.15. The number of para-hydroxylation sites is 2. The van der Waals surface area contributed by atoms with Gasteiger partial charge in [-0.1, -0.05) is 31.2 Å². The van der Waals surface area contributed by atoms with E-state index in [9.17, 15) is 0 Å². The summed E-state index contributed by atoms with van der Waals surface area (Å²) in [6.07, 6.45) is 0.963. The van der Waals surface area contributed by atoms with Crippen LogP contribution in [0.3, 0.4) is 0 Å². The van der Waals surface area contributed by atoms with Crippen molar-refractivity contribution in [1.82, 2.24) is 9.55 Å². The van der Waals surface area contributed by atoms with Crippen LogP contribution < -0.4 is 10.5 Å². The highest BCUT2D eigenvalue weighted by Crippen LogP contribution is 2.30. The minimum absolute atomic E-state index is 0.479. The molecule has 1 aromatic heterocycles. The predicted molar refractivity (Wildman–Crippen MR) is 86.0 cm³/mol. The number of aryl methyl sites for hydroxylation is 1. The summed E-state index contributed by atoms with van der Waals surface area (Å²) >= 11 is 0. The standard InChI is InChI=1S/C17H19N3O/c1-3-11-21-15-10-6-9-14-16(15)19-17(18)20(14)13-8-5-4-7-12(13)2/h4-10H,3,11H2,1-2H3,(H2,18,19). The summed E-state index contributed by atoms with van der Waals surface area (Å²) in [5, 5.41) is 0. The summed E-state index contributed by atoms with van der Waals surface area (Å²) in [4.78, 5) is 4.50. The van der Waals surface area contributed by atoms with Gasteiger partial charge in [0.05, 0.1) is 17.8 Å². The summed E-state index contributed by atoms with van der Waals surface area (Å²) < 4.78 is 7.75. The number of nitrogens with zero attached hydrogens (tertiary/aromatic N) is 2. The fourth-order valence-electron chi connectivity index (χ4n) is 2.49. The summed E-state index contributed by atoms with van der Waals surface area (Å²) in [6.45, 7) is 4.83. The number of benzene rings is 2. The Morgan fingerprint density at radius 3 is 2.71 bits per heavy atom. The minimum Gasteiger partial charge on any atom is -0.491 e. The molecule has 3 rings (SSSR count). The third-order valence-corrected chi connectivity index (χ3v) is 3.49. The predicted octanol–water partition coefficient (Wildman–Crippen LogP) is 3.70. The first-order valence-corrected chi connectivity index (χ1v) is 7.18. The number of anilines is 1. The number of nitrogen functional groups attached to an aromatic ring is 1. The third kappa shape index (κ3) is 2.33. The molecule has 0 aliphatic rings. The van der Waals surface area contributed by atoms with Crippen LogP contribution in [0.2, 0.25) is 0 Å². The minimum atomic E-state index is 0.479. The fourth-order valence-corrected chi connectivity index (χ4v) is 2.49. The molecule has 0 saturated carbocycles. The molecule has 0 unspecified atom stereocenters. The van der Waals surface area contributed by atoms with Crippen LogP contribution in [-0.4, -0.2) is 16.2 Å². The van der Waals surface area contributed by atoms with Gasteiger partial charge >= 0.3 is 0 Å². The lowest BCUT2D eigenvalue weighted by molar-refractivity contribution is 0.320. The molecular weight excluding hydrogens is 262 g/mol. The topological polar surface area (TPSA) is 53.1 Å². The van der Waals surface area contributed by atoms with Gasteiger partial charge in [0.25, 0.3) is 0 Å². The molecule has 0 aliphatic heterocycles. The van der Waals surface area contributed by atoms with E-state index in [2.05, 4.69) is 24.9 Å². The van der Waals surface area contributed by atoms with E-state index < -0.39 is 0 Å². The molecule has 0 atom stereocenters. The summed E-state index contributed by atoms with van der Waals surface area (Å²) in [7, 11) is 0. The number of imidazole rings is 1. The van der Waals surface area contributed by atoms with Crippen LogP contribution in [0.25, 0.3) is 16.7 Å². The molecule has 0 fully saturated rings. The lowest BCUT2D eigenvalue weighted by Crippen LogP contribution is -2.02. The number of hydrogen-bond acceptors (Lipinski definition) is 3. The lowest BCUT2D eigenvalue weighted by atomic mass is 10.2. The average molecular weight is 281 g/mol. The van der Waals surface area contributed by atoms with Crippen LogP contribution in [-0.2, 0) is 0 Å². The van der Waals surface area contributed by atoms with Gasteiger partial charge < -0.3 is 10.5 Å². The van der Waals surface area contributed by atoms with Crippen LogP contribution in [0.5, 0.6) is 5.75 Å². The Balaban J connectivity index is 2.21. The van der Waals surface area contributed by atoms with Gasteiger partial charge in [-0.25, -0.2) is 4.98 Å². The van der Waals surface area contributed by atoms with Gasteiger partial charge in [-0.15, -0.1) is 0 Å². The second-order valence-electron chi connectivity index (χ2n) is 5.06. The first-order valence-electron chi connectivity index (χ1n) is 7.18. The van der Waals surface area contributed by atoms with E-state index in [1.54, 1.807) is 0 Å². The van der Waals surface area contributed by atoms with Crippen molar-refractivity contribution in [2.45, 2.75) is 20.3 Å². The third-order valence-electron chi connectivity index (χ3n) is 3.49. The summed E-state index contributed by atoms with van der Waals surface area (Å²) in [6, 6.07) is 14.1. The molecule has 4 nitrogen and oxygen atoms in total. The van der Waals surface area contributed by atoms with Crippen molar-refractivity contribution in [3.8, 4) is 11.4 Å². The zero-order valence-electron chi connectivity index (χ0n) is 12.3. The van der Waals surface area contributed by atoms with Crippen molar-refractivity contribution in [2.24, 2.45) is 0 Å². The molecule has 3 aromatic rings. The number of ether oxygens (including phenoxy) is 1. The molecule has 0 amide bonds. The van der Waals surface area contributed by atoms with Crippen molar-refractivity contribution in [1.29, 1.82) is 0 Å². The van der Waals surface area contributed by atoms with Gasteiger partial charge in [0.1, 0.15) is 11.3 Å². The summed E-state index contributed by atoms with van der Waals surface area (Å²) in [5.74, 6) is 1.26. The Morgan fingerprint density at radius 2 is 1.95 bits per heavy atom. The molecular formula is C17H19N3O. The van der Waals surface area contributed by atoms with Crippen molar-refractivity contribution in [2.75, 3.05) is 12.3 Å². The van der Waals surface area contributed by atoms with E-state index in [0.29, 0.717) is 12.6 Å². The molecule has 0 bridgehead atoms. The van der Waals surface area contributed by atoms with Gasteiger partial charge in [-0.2, -0.15) is 0 Å². The van der Waals surface area contributed by atoms with E-state index >= 15 is 0 Å². The van der Waals surface area contributed by atoms with Gasteiger partial charge in [-0.3, -0.25) is 4.57 Å². The highest BCUT2D eigenvalue weighted by atomic mass is 16.5. The summed E-state index contributed by atoms with van der Waals surface area (Å²) in [5.41, 5.74) is 10.1. The second-order valence-corrected chi connectivity index (χ2v) is 5.06. The maximum absolute atomic E-state index is 6.15. The first kappa shape index (κ1) is 13.5. The number of fused-ring (bicyclic) bond motifs is 1. The van der Waals surface area contributed by atoms with Crippen molar-refractivity contribution >= 4 is 17.0 Å². The highest BCUT2D eigenvalue weighted by Gasteiger charge is 2.14. The molecule has 0 spiro atoms. The van der Waals surface area contributed by atoms with Crippen molar-refractivity contribution in [3.05, 3.63) is 48.0 Å². The molecule has 0 saturated heterocycles. The molecule has 2 aromatic carbocycles. The van der Waals surface area contributed by atoms with Crippen LogP contribution in [0.4, 0.5) is 5.95 Å². The lowest BCUT2D eigenvalue weighted by Gasteiger charge is -2.10. The normalized spacial score (nSPS) is 11.0. The highest BCUT2D eigenvalue weighted by molar-refractivity contribution is 5.86. The monoisotopic (exact) mass is 281 g/mol. The molecule has 0 aliphatic carbocycles. The Hall–Kier alpha value is -2.49. The van der Waals surface area contributed by atoms with Crippen LogP contribution in [0.1, 0.15) is 18.9 Å². The molecule has 1 heterocycles. The van der Waals surface area contributed by atoms with E-state index in [1.807, 2.05) is 41.0 Å². The Labute approximate surface area is 124 Å². The van der Waals surface area contributed by atoms with E-state index in [-0.39, 0.29) is 0 Å². The largest absolute Gasteiger partial charge is 0.491 e. The van der Waals surface area contributed by atoms with Gasteiger partial charge in [-0.05, 0) is 37.1 Å². The average Bonchev–Trinajstić information content (AvgIpc) is 2.82. The van der Waals surface area contributed by atoms with Crippen LogP contribution in [0, 0.1) is 6.92 Å². The zero-order valence-corrected chi connectivity index (χ0v) is 12.3. The first-order chi connectivity index (χ1) is 10.2. The van der Waals surface area contributed by atoms with Gasteiger partial charge in [0.2, 0.25) is 5.95 Å². The molecule has 4 heteroatoms. The smallest absolute Gasteiger partial charge is 0.206 e. The molecule has 0 radical (unpaired) electrons. The number of rotatable bonds is 4. The van der Waals surface area contributed by atoms with E-state index in [1.165, 1.54) is 0 Å². The Kier molecular flexibility index (Phi) is 3.52. The SMILES string of the molecule is CCCOc1cccc2c1nc(N)n2-c1ccccc1C. The number of hydrogen-bond donors (Lipinski definition) is 1. The molecule has 21 heavy (non-hydrogen) atoms. The molecule has 108 valence electrons. The number of nitrogens with two attached hydrogens (primary N) is 1. The quantitative estimate of drug-likeness (QED) is 0.793. The fraction of sp³-hybridized carbons (Fsp3) is 0.235. The van der Waals surface area contributed by atoms with Gasteiger partial charge in [0.15, 0.2) is 0 Å². The van der Waals surface area contributed by atoms with Crippen molar-refractivity contribution in [3.63, 3.8) is 0 Å². The Morgan fingerprint density at radius 1 is 1.14 bits per heavy atom.